The van der Waals surface area contributed by atoms with Crippen molar-refractivity contribution in [3.63, 3.8) is 0 Å². The Balaban J connectivity index is 0.000000336. The van der Waals surface area contributed by atoms with Gasteiger partial charge in [-0.3, -0.25) is 0 Å². The van der Waals surface area contributed by atoms with Crippen LogP contribution in [0.1, 0.15) is 27.2 Å². The van der Waals surface area contributed by atoms with E-state index in [1.165, 1.54) is 26.1 Å². The summed E-state index contributed by atoms with van der Waals surface area (Å²) in [7, 11) is 2.21. The van der Waals surface area contributed by atoms with Crippen molar-refractivity contribution < 1.29 is 0 Å². The fourth-order valence-electron chi connectivity index (χ4n) is 2.47. The predicted octanol–water partition coefficient (Wildman–Crippen LogP) is 1.33. The van der Waals surface area contributed by atoms with E-state index in [-0.39, 0.29) is 0 Å². The zero-order valence-corrected chi connectivity index (χ0v) is 8.85. The van der Waals surface area contributed by atoms with Crippen LogP contribution in [0.25, 0.3) is 0 Å². The molecule has 2 unspecified atom stereocenters. The first-order chi connectivity index (χ1) is 5.71. The summed E-state index contributed by atoms with van der Waals surface area (Å²) in [6.07, 6.45) is 1.38. The SMILES string of the molecule is CC.CN1CC2CCNC2(C)C1. The molecule has 2 aliphatic rings. The summed E-state index contributed by atoms with van der Waals surface area (Å²) in [5, 5.41) is 3.58. The highest BCUT2D eigenvalue weighted by Gasteiger charge is 2.44. The fraction of sp³-hybridized carbons (Fsp3) is 1.00. The zero-order chi connectivity index (χ0) is 9.19. The predicted molar refractivity (Wildman–Crippen MR) is 53.4 cm³/mol. The molecule has 2 heteroatoms. The number of hydrogen-bond donors (Lipinski definition) is 1. The van der Waals surface area contributed by atoms with Gasteiger partial charge in [0.25, 0.3) is 0 Å². The summed E-state index contributed by atoms with van der Waals surface area (Å²) in [4.78, 5) is 2.43. The van der Waals surface area contributed by atoms with E-state index in [1.54, 1.807) is 0 Å². The van der Waals surface area contributed by atoms with Gasteiger partial charge in [0.2, 0.25) is 0 Å². The number of likely N-dealkylation sites (N-methyl/N-ethyl adjacent to an activating group) is 1. The number of nitrogens with zero attached hydrogens (tertiary/aromatic N) is 1. The molecule has 72 valence electrons. The monoisotopic (exact) mass is 170 g/mol. The Morgan fingerprint density at radius 2 is 2.08 bits per heavy atom. The number of nitrogens with one attached hydrogen (secondary N) is 1. The van der Waals surface area contributed by atoms with Gasteiger partial charge in [-0.2, -0.15) is 0 Å². The smallest absolute Gasteiger partial charge is 0.0321 e. The first kappa shape index (κ1) is 10.0. The van der Waals surface area contributed by atoms with Crippen molar-refractivity contribution >= 4 is 0 Å². The Morgan fingerprint density at radius 3 is 2.67 bits per heavy atom. The van der Waals surface area contributed by atoms with Crippen LogP contribution in [0.2, 0.25) is 0 Å². The highest BCUT2D eigenvalue weighted by atomic mass is 15.2. The number of hydrogen-bond acceptors (Lipinski definition) is 2. The Kier molecular flexibility index (Phi) is 3.13. The second kappa shape index (κ2) is 3.75. The second-order valence-electron chi connectivity index (χ2n) is 4.03. The molecule has 2 aliphatic heterocycles. The first-order valence-electron chi connectivity index (χ1n) is 5.14. The lowest BCUT2D eigenvalue weighted by Gasteiger charge is -2.22. The molecule has 0 saturated carbocycles. The molecule has 12 heavy (non-hydrogen) atoms. The molecule has 2 saturated heterocycles. The van der Waals surface area contributed by atoms with E-state index in [0.29, 0.717) is 5.54 Å². The van der Waals surface area contributed by atoms with Crippen LogP contribution < -0.4 is 5.32 Å². The van der Waals surface area contributed by atoms with Crippen LogP contribution in [-0.4, -0.2) is 37.1 Å². The van der Waals surface area contributed by atoms with Gasteiger partial charge >= 0.3 is 0 Å². The third-order valence-electron chi connectivity index (χ3n) is 3.05. The van der Waals surface area contributed by atoms with E-state index in [2.05, 4.69) is 24.2 Å². The molecule has 0 aromatic carbocycles. The van der Waals surface area contributed by atoms with Gasteiger partial charge in [-0.15, -0.1) is 0 Å². The molecule has 1 N–H and O–H groups in total. The van der Waals surface area contributed by atoms with Crippen LogP contribution in [0.3, 0.4) is 0 Å². The summed E-state index contributed by atoms with van der Waals surface area (Å²) in [6.45, 7) is 10.1. The second-order valence-corrected chi connectivity index (χ2v) is 4.03. The lowest BCUT2D eigenvalue weighted by Crippen LogP contribution is -2.42. The summed E-state index contributed by atoms with van der Waals surface area (Å²) < 4.78 is 0. The van der Waals surface area contributed by atoms with Gasteiger partial charge in [-0.05, 0) is 32.9 Å². The zero-order valence-electron chi connectivity index (χ0n) is 8.85. The molecule has 2 heterocycles. The lowest BCUT2D eigenvalue weighted by atomic mass is 9.91. The molecule has 2 rings (SSSR count). The number of fused-ring (bicyclic) bond motifs is 1. The largest absolute Gasteiger partial charge is 0.310 e. The minimum Gasteiger partial charge on any atom is -0.310 e. The van der Waals surface area contributed by atoms with E-state index in [1.807, 2.05) is 13.8 Å². The first-order valence-corrected chi connectivity index (χ1v) is 5.14. The molecule has 2 atom stereocenters. The molecule has 0 amide bonds. The standard InChI is InChI=1S/C8H16N2.C2H6/c1-8-6-10(2)5-7(8)3-4-9-8;1-2/h7,9H,3-6H2,1-2H3;1-2H3. The fourth-order valence-corrected chi connectivity index (χ4v) is 2.47. The van der Waals surface area contributed by atoms with Crippen molar-refractivity contribution in [3.05, 3.63) is 0 Å². The molecular formula is C10H22N2. The van der Waals surface area contributed by atoms with E-state index in [9.17, 15) is 0 Å². The Labute approximate surface area is 76.3 Å². The van der Waals surface area contributed by atoms with E-state index in [4.69, 9.17) is 0 Å². The van der Waals surface area contributed by atoms with Gasteiger partial charge in [0.05, 0.1) is 0 Å². The Hall–Kier alpha value is -0.0800. The van der Waals surface area contributed by atoms with Crippen molar-refractivity contribution in [1.29, 1.82) is 0 Å². The topological polar surface area (TPSA) is 15.3 Å². The third kappa shape index (κ3) is 1.64. The normalized spacial score (nSPS) is 40.5. The summed E-state index contributed by atoms with van der Waals surface area (Å²) in [6, 6.07) is 0. The maximum absolute atomic E-state index is 3.58. The van der Waals surface area contributed by atoms with Gasteiger partial charge in [-0.1, -0.05) is 13.8 Å². The average molecular weight is 170 g/mol. The van der Waals surface area contributed by atoms with Crippen LogP contribution in [0.15, 0.2) is 0 Å². The lowest BCUT2D eigenvalue weighted by molar-refractivity contribution is 0.348. The minimum absolute atomic E-state index is 0.453. The quantitative estimate of drug-likeness (QED) is 0.590. The van der Waals surface area contributed by atoms with Gasteiger partial charge in [-0.25, -0.2) is 0 Å². The van der Waals surface area contributed by atoms with Crippen molar-refractivity contribution in [3.8, 4) is 0 Å². The van der Waals surface area contributed by atoms with Crippen molar-refractivity contribution in [2.24, 2.45) is 5.92 Å². The minimum atomic E-state index is 0.453. The maximum Gasteiger partial charge on any atom is 0.0321 e. The molecular weight excluding hydrogens is 148 g/mol. The van der Waals surface area contributed by atoms with Gasteiger partial charge in [0.15, 0.2) is 0 Å². The van der Waals surface area contributed by atoms with Crippen molar-refractivity contribution in [1.82, 2.24) is 10.2 Å². The summed E-state index contributed by atoms with van der Waals surface area (Å²) in [5.41, 5.74) is 0.453. The van der Waals surface area contributed by atoms with Crippen LogP contribution in [0.5, 0.6) is 0 Å². The third-order valence-corrected chi connectivity index (χ3v) is 3.05. The van der Waals surface area contributed by atoms with Crippen LogP contribution in [0, 0.1) is 5.92 Å². The van der Waals surface area contributed by atoms with E-state index >= 15 is 0 Å². The molecule has 0 aromatic rings. The van der Waals surface area contributed by atoms with Crippen LogP contribution in [-0.2, 0) is 0 Å². The van der Waals surface area contributed by atoms with Gasteiger partial charge in [0.1, 0.15) is 0 Å². The molecule has 0 aliphatic carbocycles. The van der Waals surface area contributed by atoms with Gasteiger partial charge in [0, 0.05) is 18.6 Å². The van der Waals surface area contributed by atoms with E-state index < -0.39 is 0 Å². The highest BCUT2D eigenvalue weighted by molar-refractivity contribution is 5.03. The van der Waals surface area contributed by atoms with Crippen LogP contribution in [0.4, 0.5) is 0 Å². The molecule has 0 aromatic heterocycles. The molecule has 0 spiro atoms. The van der Waals surface area contributed by atoms with Gasteiger partial charge < -0.3 is 10.2 Å². The van der Waals surface area contributed by atoms with Crippen molar-refractivity contribution in [2.75, 3.05) is 26.7 Å². The average Bonchev–Trinajstić information content (AvgIpc) is 2.46. The molecule has 0 bridgehead atoms. The van der Waals surface area contributed by atoms with Crippen LogP contribution >= 0.6 is 0 Å². The van der Waals surface area contributed by atoms with Crippen molar-refractivity contribution in [2.45, 2.75) is 32.7 Å². The number of likely N-dealkylation sites (tertiary alicyclic amines) is 1. The molecule has 2 fully saturated rings. The molecule has 2 nitrogen and oxygen atoms in total. The highest BCUT2D eigenvalue weighted by Crippen LogP contribution is 2.32. The molecule has 0 radical (unpaired) electrons. The summed E-state index contributed by atoms with van der Waals surface area (Å²) in [5.74, 6) is 0.914. The Bertz CT molecular complexity index is 147. The Morgan fingerprint density at radius 1 is 1.42 bits per heavy atom. The number of rotatable bonds is 0. The maximum atomic E-state index is 3.58. The summed E-state index contributed by atoms with van der Waals surface area (Å²) >= 11 is 0. The van der Waals surface area contributed by atoms with E-state index in [0.717, 1.165) is 5.92 Å².